The summed E-state index contributed by atoms with van der Waals surface area (Å²) in [5.41, 5.74) is 0.546. The normalized spacial score (nSPS) is 17.7. The van der Waals surface area contributed by atoms with E-state index in [9.17, 15) is 4.79 Å². The van der Waals surface area contributed by atoms with Gasteiger partial charge in [0.05, 0.1) is 23.3 Å². The lowest BCUT2D eigenvalue weighted by Gasteiger charge is -2.23. The molecule has 7 nitrogen and oxygen atoms in total. The summed E-state index contributed by atoms with van der Waals surface area (Å²) in [7, 11) is 1.78. The number of rotatable bonds is 4. The molecular weight excluding hydrogens is 477 g/mol. The second-order valence-corrected chi connectivity index (χ2v) is 8.70. The lowest BCUT2D eigenvalue weighted by atomic mass is 10.2. The summed E-state index contributed by atoms with van der Waals surface area (Å²) in [6.07, 6.45) is 0.504. The zero-order valence-corrected chi connectivity index (χ0v) is 20.2. The fourth-order valence-corrected chi connectivity index (χ4v) is 3.55. The second kappa shape index (κ2) is 10.4. The van der Waals surface area contributed by atoms with Gasteiger partial charge in [-0.15, -0.1) is 35.3 Å². The van der Waals surface area contributed by atoms with E-state index >= 15 is 0 Å². The van der Waals surface area contributed by atoms with Gasteiger partial charge in [0.25, 0.3) is 0 Å². The van der Waals surface area contributed by atoms with Crippen molar-refractivity contribution in [2.45, 2.75) is 65.1 Å². The number of carbonyl (C=O) groups excluding carboxylic acids is 1. The van der Waals surface area contributed by atoms with Crippen molar-refractivity contribution in [2.24, 2.45) is 4.99 Å². The molecule has 1 aliphatic rings. The van der Waals surface area contributed by atoms with Gasteiger partial charge in [-0.2, -0.15) is 0 Å². The van der Waals surface area contributed by atoms with Crippen LogP contribution in [0, 0.1) is 0 Å². The van der Waals surface area contributed by atoms with E-state index in [4.69, 9.17) is 4.74 Å². The van der Waals surface area contributed by atoms with E-state index in [0.717, 1.165) is 29.6 Å². The first-order valence-electron chi connectivity index (χ1n) is 9.07. The van der Waals surface area contributed by atoms with E-state index in [2.05, 4.69) is 44.7 Å². The first-order chi connectivity index (χ1) is 12.2. The standard InChI is InChI=1S/C18H31N5O2S.HI/c1-12(2)15-21-14(11-26-15)9-20-16(19-6)23-8-7-13(10-23)22-17(24)25-18(3,4)5;/h11-13H,7-10H2,1-6H3,(H,19,20)(H,22,24);1H/t13-;/m1./s1. The molecule has 0 radical (unpaired) electrons. The van der Waals surface area contributed by atoms with E-state index in [1.54, 1.807) is 18.4 Å². The number of alkyl carbamates (subject to hydrolysis) is 1. The number of hydrogen-bond acceptors (Lipinski definition) is 5. The fraction of sp³-hybridized carbons (Fsp3) is 0.722. The third kappa shape index (κ3) is 7.81. The predicted octanol–water partition coefficient (Wildman–Crippen LogP) is 3.56. The lowest BCUT2D eigenvalue weighted by Crippen LogP contribution is -2.44. The van der Waals surface area contributed by atoms with Gasteiger partial charge in [0.2, 0.25) is 0 Å². The zero-order valence-electron chi connectivity index (χ0n) is 17.0. The van der Waals surface area contributed by atoms with E-state index in [1.165, 1.54) is 0 Å². The molecule has 2 N–H and O–H groups in total. The number of hydrogen-bond donors (Lipinski definition) is 2. The van der Waals surface area contributed by atoms with Crippen LogP contribution in [0.2, 0.25) is 0 Å². The first kappa shape index (κ1) is 23.9. The molecular formula is C18H32IN5O2S. The number of nitrogens with one attached hydrogen (secondary N) is 2. The van der Waals surface area contributed by atoms with E-state index in [-0.39, 0.29) is 36.1 Å². The van der Waals surface area contributed by atoms with Gasteiger partial charge in [0.15, 0.2) is 5.96 Å². The molecule has 9 heteroatoms. The van der Waals surface area contributed by atoms with E-state index in [0.29, 0.717) is 19.0 Å². The van der Waals surface area contributed by atoms with Crippen LogP contribution < -0.4 is 10.6 Å². The number of likely N-dealkylation sites (tertiary alicyclic amines) is 1. The third-order valence-corrected chi connectivity index (χ3v) is 5.11. The zero-order chi connectivity index (χ0) is 19.3. The van der Waals surface area contributed by atoms with Crippen LogP contribution >= 0.6 is 35.3 Å². The molecule has 0 saturated carbocycles. The average molecular weight is 509 g/mol. The Bertz CT molecular complexity index is 642. The van der Waals surface area contributed by atoms with Crippen molar-refractivity contribution in [3.05, 3.63) is 16.1 Å². The molecule has 0 spiro atoms. The highest BCUT2D eigenvalue weighted by Gasteiger charge is 2.27. The summed E-state index contributed by atoms with van der Waals surface area (Å²) < 4.78 is 5.33. The molecule has 1 aliphatic heterocycles. The average Bonchev–Trinajstić information content (AvgIpc) is 3.15. The molecule has 0 aliphatic carbocycles. The maximum atomic E-state index is 11.9. The number of aliphatic imine (C=N–C) groups is 1. The van der Waals surface area contributed by atoms with Gasteiger partial charge in [-0.25, -0.2) is 9.78 Å². The van der Waals surface area contributed by atoms with Crippen molar-refractivity contribution in [1.82, 2.24) is 20.5 Å². The Morgan fingerprint density at radius 2 is 2.19 bits per heavy atom. The molecule has 0 aromatic carbocycles. The molecule has 1 amide bonds. The summed E-state index contributed by atoms with van der Waals surface area (Å²) in [5, 5.41) is 9.55. The molecule has 1 atom stereocenters. The van der Waals surface area contributed by atoms with Crippen molar-refractivity contribution >= 4 is 47.4 Å². The molecule has 1 aromatic rings. The molecule has 1 aromatic heterocycles. The molecule has 0 unspecified atom stereocenters. The molecule has 2 rings (SSSR count). The largest absolute Gasteiger partial charge is 0.444 e. The smallest absolute Gasteiger partial charge is 0.407 e. The van der Waals surface area contributed by atoms with Gasteiger partial charge in [-0.1, -0.05) is 13.8 Å². The van der Waals surface area contributed by atoms with Crippen molar-refractivity contribution in [3.8, 4) is 0 Å². The van der Waals surface area contributed by atoms with Crippen molar-refractivity contribution in [2.75, 3.05) is 20.1 Å². The van der Waals surface area contributed by atoms with Crippen LogP contribution in [0.1, 0.15) is 57.7 Å². The molecule has 1 fully saturated rings. The number of amides is 1. The Morgan fingerprint density at radius 3 is 2.74 bits per heavy atom. The highest BCUT2D eigenvalue weighted by Crippen LogP contribution is 2.19. The number of thiazole rings is 1. The third-order valence-electron chi connectivity index (χ3n) is 3.91. The summed E-state index contributed by atoms with van der Waals surface area (Å²) >= 11 is 1.69. The number of nitrogens with zero attached hydrogens (tertiary/aromatic N) is 3. The number of aromatic nitrogens is 1. The first-order valence-corrected chi connectivity index (χ1v) is 9.95. The lowest BCUT2D eigenvalue weighted by molar-refractivity contribution is 0.0507. The molecule has 0 bridgehead atoms. The summed E-state index contributed by atoms with van der Waals surface area (Å²) in [4.78, 5) is 23.1. The highest BCUT2D eigenvalue weighted by atomic mass is 127. The van der Waals surface area contributed by atoms with Gasteiger partial charge >= 0.3 is 6.09 Å². The highest BCUT2D eigenvalue weighted by molar-refractivity contribution is 14.0. The molecule has 154 valence electrons. The Kier molecular flexibility index (Phi) is 9.26. The molecule has 27 heavy (non-hydrogen) atoms. The number of guanidine groups is 1. The van der Waals surface area contributed by atoms with E-state index < -0.39 is 5.60 Å². The number of halogens is 1. The minimum atomic E-state index is -0.484. The predicted molar refractivity (Wildman–Crippen MR) is 121 cm³/mol. The van der Waals surface area contributed by atoms with Gasteiger partial charge in [0.1, 0.15) is 5.60 Å². The number of ether oxygens (including phenoxy) is 1. The summed E-state index contributed by atoms with van der Waals surface area (Å²) in [5.74, 6) is 1.28. The van der Waals surface area contributed by atoms with Gasteiger partial charge < -0.3 is 20.3 Å². The minimum Gasteiger partial charge on any atom is -0.444 e. The second-order valence-electron chi connectivity index (χ2n) is 7.81. The minimum absolute atomic E-state index is 0. The topological polar surface area (TPSA) is 78.9 Å². The van der Waals surface area contributed by atoms with Crippen LogP contribution in [-0.2, 0) is 11.3 Å². The van der Waals surface area contributed by atoms with Crippen LogP contribution in [0.25, 0.3) is 0 Å². The summed E-state index contributed by atoms with van der Waals surface area (Å²) in [6, 6.07) is 0.0650. The maximum absolute atomic E-state index is 11.9. The van der Waals surface area contributed by atoms with Crippen LogP contribution in [0.4, 0.5) is 4.79 Å². The number of carbonyl (C=O) groups is 1. The Balaban J connectivity index is 0.00000364. The van der Waals surface area contributed by atoms with Gasteiger partial charge in [-0.3, -0.25) is 4.99 Å². The summed E-state index contributed by atoms with van der Waals surface area (Å²) in [6.45, 7) is 12.1. The van der Waals surface area contributed by atoms with Gasteiger partial charge in [0, 0.05) is 31.4 Å². The Morgan fingerprint density at radius 1 is 1.48 bits per heavy atom. The van der Waals surface area contributed by atoms with Crippen molar-refractivity contribution in [1.29, 1.82) is 0 Å². The molecule has 1 saturated heterocycles. The van der Waals surface area contributed by atoms with Crippen LogP contribution in [0.5, 0.6) is 0 Å². The van der Waals surface area contributed by atoms with Crippen LogP contribution in [-0.4, -0.2) is 53.7 Å². The molecule has 2 heterocycles. The van der Waals surface area contributed by atoms with Crippen molar-refractivity contribution in [3.63, 3.8) is 0 Å². The Labute approximate surface area is 183 Å². The Hall–Kier alpha value is -1.10. The SMILES string of the molecule is CN=C(NCc1csc(C(C)C)n1)N1CC[C@@H](NC(=O)OC(C)(C)C)C1.I. The fourth-order valence-electron chi connectivity index (χ4n) is 2.72. The van der Waals surface area contributed by atoms with Crippen molar-refractivity contribution < 1.29 is 9.53 Å². The quantitative estimate of drug-likeness (QED) is 0.369. The van der Waals surface area contributed by atoms with Crippen LogP contribution in [0.3, 0.4) is 0 Å². The van der Waals surface area contributed by atoms with Crippen LogP contribution in [0.15, 0.2) is 10.4 Å². The monoisotopic (exact) mass is 509 g/mol. The van der Waals surface area contributed by atoms with E-state index in [1.807, 2.05) is 20.8 Å². The van der Waals surface area contributed by atoms with Gasteiger partial charge in [-0.05, 0) is 27.2 Å². The maximum Gasteiger partial charge on any atom is 0.407 e.